The second-order valence-corrected chi connectivity index (χ2v) is 6.91. The van der Waals surface area contributed by atoms with Crippen LogP contribution in [0.4, 0.5) is 11.6 Å². The van der Waals surface area contributed by atoms with E-state index in [9.17, 15) is 8.42 Å². The lowest BCUT2D eigenvalue weighted by atomic mass is 10.3. The summed E-state index contributed by atoms with van der Waals surface area (Å²) in [4.78, 5) is 11.8. The fourth-order valence-corrected chi connectivity index (χ4v) is 2.72. The Hall–Kier alpha value is -3.00. The highest BCUT2D eigenvalue weighted by molar-refractivity contribution is 7.92. The number of anilines is 2. The molecule has 2 aromatic heterocycles. The Kier molecular flexibility index (Phi) is 6.02. The number of nitrogen functional groups attached to an aromatic ring is 1. The predicted octanol–water partition coefficient (Wildman–Crippen LogP) is 2.56. The van der Waals surface area contributed by atoms with Gasteiger partial charge < -0.3 is 5.73 Å². The van der Waals surface area contributed by atoms with Crippen molar-refractivity contribution >= 4 is 21.7 Å². The Morgan fingerprint density at radius 2 is 1.72 bits per heavy atom. The standard InChI is InChI=1S/C11H12N4O2S.C6H7N/c1-8-6-7-13-11(14-8)15-18(16,17)10-4-2-9(12)3-5-10;1-6-3-2-4-7-5-6/h2-7H,12H2,1H3,(H,13,14,15);2-5H,1H3. The molecule has 3 aromatic rings. The molecule has 1 aromatic carbocycles. The van der Waals surface area contributed by atoms with Crippen molar-refractivity contribution in [1.82, 2.24) is 15.0 Å². The molecule has 0 bridgehead atoms. The minimum atomic E-state index is -3.68. The quantitative estimate of drug-likeness (QED) is 0.697. The molecule has 0 atom stereocenters. The van der Waals surface area contributed by atoms with Gasteiger partial charge in [-0.2, -0.15) is 0 Å². The van der Waals surface area contributed by atoms with Crippen molar-refractivity contribution in [3.8, 4) is 0 Å². The molecule has 130 valence electrons. The first kappa shape index (κ1) is 18.3. The van der Waals surface area contributed by atoms with Gasteiger partial charge in [0.25, 0.3) is 10.0 Å². The summed E-state index contributed by atoms with van der Waals surface area (Å²) in [6.45, 7) is 3.77. The van der Waals surface area contributed by atoms with Gasteiger partial charge in [-0.15, -0.1) is 0 Å². The molecule has 25 heavy (non-hydrogen) atoms. The first-order valence-electron chi connectivity index (χ1n) is 7.41. The molecule has 2 heterocycles. The predicted molar refractivity (Wildman–Crippen MR) is 97.4 cm³/mol. The van der Waals surface area contributed by atoms with Crippen molar-refractivity contribution < 1.29 is 8.42 Å². The highest BCUT2D eigenvalue weighted by Gasteiger charge is 2.15. The van der Waals surface area contributed by atoms with Crippen molar-refractivity contribution in [2.24, 2.45) is 0 Å². The van der Waals surface area contributed by atoms with Gasteiger partial charge in [-0.3, -0.25) is 4.98 Å². The zero-order chi connectivity index (χ0) is 18.3. The molecule has 0 unspecified atom stereocenters. The van der Waals surface area contributed by atoms with Gasteiger partial charge in [-0.25, -0.2) is 23.1 Å². The van der Waals surface area contributed by atoms with E-state index in [1.54, 1.807) is 19.2 Å². The zero-order valence-electron chi connectivity index (χ0n) is 13.9. The van der Waals surface area contributed by atoms with Gasteiger partial charge in [0.2, 0.25) is 5.95 Å². The molecule has 0 aliphatic rings. The summed E-state index contributed by atoms with van der Waals surface area (Å²) < 4.78 is 26.3. The molecule has 0 radical (unpaired) electrons. The fourth-order valence-electron chi connectivity index (χ4n) is 1.77. The van der Waals surface area contributed by atoms with E-state index in [1.807, 2.05) is 25.3 Å². The molecule has 0 spiro atoms. The molecule has 7 nitrogen and oxygen atoms in total. The Labute approximate surface area is 147 Å². The number of nitrogens with one attached hydrogen (secondary N) is 1. The van der Waals surface area contributed by atoms with E-state index in [0.29, 0.717) is 11.4 Å². The zero-order valence-corrected chi connectivity index (χ0v) is 14.7. The summed E-state index contributed by atoms with van der Waals surface area (Å²) >= 11 is 0. The smallest absolute Gasteiger partial charge is 0.264 e. The summed E-state index contributed by atoms with van der Waals surface area (Å²) in [5, 5.41) is 0. The third-order valence-electron chi connectivity index (χ3n) is 3.02. The summed E-state index contributed by atoms with van der Waals surface area (Å²) in [5.41, 5.74) is 7.89. The summed E-state index contributed by atoms with van der Waals surface area (Å²) in [6.07, 6.45) is 5.09. The number of benzene rings is 1. The lowest BCUT2D eigenvalue weighted by Crippen LogP contribution is -2.15. The van der Waals surface area contributed by atoms with E-state index in [-0.39, 0.29) is 10.8 Å². The number of aryl methyl sites for hydroxylation is 2. The van der Waals surface area contributed by atoms with Crippen LogP contribution in [0.15, 0.2) is 66.0 Å². The molecule has 0 saturated heterocycles. The van der Waals surface area contributed by atoms with Crippen LogP contribution in [0.1, 0.15) is 11.3 Å². The average molecular weight is 357 g/mol. The average Bonchev–Trinajstić information content (AvgIpc) is 2.56. The number of sulfonamides is 1. The number of aromatic nitrogens is 3. The Morgan fingerprint density at radius 3 is 2.24 bits per heavy atom. The third-order valence-corrected chi connectivity index (χ3v) is 4.36. The topological polar surface area (TPSA) is 111 Å². The third kappa shape index (κ3) is 5.85. The largest absolute Gasteiger partial charge is 0.399 e. The molecule has 0 aliphatic carbocycles. The lowest BCUT2D eigenvalue weighted by Gasteiger charge is -2.06. The Morgan fingerprint density at radius 1 is 1.00 bits per heavy atom. The second-order valence-electron chi connectivity index (χ2n) is 5.23. The number of hydrogen-bond acceptors (Lipinski definition) is 6. The first-order chi connectivity index (χ1) is 11.9. The minimum Gasteiger partial charge on any atom is -0.399 e. The first-order valence-corrected chi connectivity index (χ1v) is 8.90. The molecule has 3 rings (SSSR count). The highest BCUT2D eigenvalue weighted by Crippen LogP contribution is 2.14. The maximum absolute atomic E-state index is 12.0. The van der Waals surface area contributed by atoms with Crippen LogP contribution in [0.2, 0.25) is 0 Å². The Balaban J connectivity index is 0.000000269. The normalized spacial score (nSPS) is 10.5. The molecule has 3 N–H and O–H groups in total. The van der Waals surface area contributed by atoms with Gasteiger partial charge in [-0.05, 0) is 55.8 Å². The molecular weight excluding hydrogens is 338 g/mol. The molecule has 0 saturated carbocycles. The number of nitrogens with zero attached hydrogens (tertiary/aromatic N) is 3. The molecular formula is C17H19N5O2S. The van der Waals surface area contributed by atoms with Crippen molar-refractivity contribution in [3.63, 3.8) is 0 Å². The van der Waals surface area contributed by atoms with E-state index < -0.39 is 10.0 Å². The lowest BCUT2D eigenvalue weighted by molar-refractivity contribution is 0.601. The second kappa shape index (κ2) is 8.20. The molecule has 0 aliphatic heterocycles. The van der Waals surface area contributed by atoms with Crippen LogP contribution in [-0.2, 0) is 10.0 Å². The Bertz CT molecular complexity index is 913. The van der Waals surface area contributed by atoms with Crippen LogP contribution in [0, 0.1) is 13.8 Å². The SMILES string of the molecule is Cc1cccnc1.Cc1ccnc(NS(=O)(=O)c2ccc(N)cc2)n1. The van der Waals surface area contributed by atoms with Crippen molar-refractivity contribution in [3.05, 3.63) is 72.3 Å². The molecule has 0 amide bonds. The van der Waals surface area contributed by atoms with Gasteiger partial charge in [0.1, 0.15) is 0 Å². The van der Waals surface area contributed by atoms with Gasteiger partial charge >= 0.3 is 0 Å². The minimum absolute atomic E-state index is 0.0480. The van der Waals surface area contributed by atoms with Crippen LogP contribution in [0.25, 0.3) is 0 Å². The van der Waals surface area contributed by atoms with Crippen LogP contribution >= 0.6 is 0 Å². The van der Waals surface area contributed by atoms with Gasteiger partial charge in [-0.1, -0.05) is 6.07 Å². The number of pyridine rings is 1. The van der Waals surface area contributed by atoms with Crippen molar-refractivity contribution in [1.29, 1.82) is 0 Å². The molecule has 0 fully saturated rings. The van der Waals surface area contributed by atoms with E-state index in [2.05, 4.69) is 19.7 Å². The maximum atomic E-state index is 12.0. The van der Waals surface area contributed by atoms with E-state index in [1.165, 1.54) is 36.0 Å². The number of nitrogens with two attached hydrogens (primary N) is 1. The fraction of sp³-hybridized carbons (Fsp3) is 0.118. The van der Waals surface area contributed by atoms with E-state index in [0.717, 1.165) is 0 Å². The number of hydrogen-bond donors (Lipinski definition) is 2. The van der Waals surface area contributed by atoms with Crippen LogP contribution in [0.3, 0.4) is 0 Å². The van der Waals surface area contributed by atoms with Crippen molar-refractivity contribution in [2.75, 3.05) is 10.5 Å². The van der Waals surface area contributed by atoms with Crippen molar-refractivity contribution in [2.45, 2.75) is 18.7 Å². The van der Waals surface area contributed by atoms with Crippen LogP contribution < -0.4 is 10.5 Å². The monoisotopic (exact) mass is 357 g/mol. The van der Waals surface area contributed by atoms with Crippen LogP contribution in [-0.4, -0.2) is 23.4 Å². The van der Waals surface area contributed by atoms with E-state index in [4.69, 9.17) is 5.73 Å². The van der Waals surface area contributed by atoms with Crippen LogP contribution in [0.5, 0.6) is 0 Å². The number of rotatable bonds is 3. The highest BCUT2D eigenvalue weighted by atomic mass is 32.2. The molecule has 8 heteroatoms. The van der Waals surface area contributed by atoms with Gasteiger partial charge in [0.05, 0.1) is 4.90 Å². The summed E-state index contributed by atoms with van der Waals surface area (Å²) in [7, 11) is -3.68. The van der Waals surface area contributed by atoms with Gasteiger partial charge in [0.15, 0.2) is 0 Å². The summed E-state index contributed by atoms with van der Waals surface area (Å²) in [6, 6.07) is 11.5. The maximum Gasteiger partial charge on any atom is 0.264 e. The summed E-state index contributed by atoms with van der Waals surface area (Å²) in [5.74, 6) is 0.0480. The van der Waals surface area contributed by atoms with E-state index >= 15 is 0 Å². The van der Waals surface area contributed by atoms with Gasteiger partial charge in [0, 0.05) is 30.0 Å².